The largest absolute Gasteiger partial charge is 0.396 e. The van der Waals surface area contributed by atoms with E-state index < -0.39 is 0 Å². The number of benzene rings is 1. The zero-order valence-electron chi connectivity index (χ0n) is 10.6. The second-order valence-electron chi connectivity index (χ2n) is 4.86. The molecular formula is C13H17IN2O3. The molecule has 0 spiro atoms. The van der Waals surface area contributed by atoms with Crippen molar-refractivity contribution in [2.45, 2.75) is 19.3 Å². The van der Waals surface area contributed by atoms with Crippen molar-refractivity contribution < 1.29 is 10.0 Å². The van der Waals surface area contributed by atoms with Gasteiger partial charge in [0.25, 0.3) is 5.69 Å². The second kappa shape index (κ2) is 6.51. The maximum atomic E-state index is 10.8. The zero-order chi connectivity index (χ0) is 13.8. The van der Waals surface area contributed by atoms with E-state index in [-0.39, 0.29) is 17.2 Å². The first-order valence-corrected chi connectivity index (χ1v) is 7.49. The van der Waals surface area contributed by atoms with Gasteiger partial charge in [0.2, 0.25) is 0 Å². The molecule has 5 nitrogen and oxygen atoms in total. The molecule has 1 unspecified atom stereocenters. The lowest BCUT2D eigenvalue weighted by atomic mass is 9.95. The molecule has 104 valence electrons. The summed E-state index contributed by atoms with van der Waals surface area (Å²) in [7, 11) is 0. The summed E-state index contributed by atoms with van der Waals surface area (Å²) in [6, 6.07) is 5.27. The maximum absolute atomic E-state index is 10.8. The van der Waals surface area contributed by atoms with Crippen molar-refractivity contribution in [1.29, 1.82) is 0 Å². The van der Waals surface area contributed by atoms with Gasteiger partial charge in [0, 0.05) is 31.5 Å². The van der Waals surface area contributed by atoms with Crippen LogP contribution in [0.5, 0.6) is 0 Å². The van der Waals surface area contributed by atoms with Crippen molar-refractivity contribution in [3.8, 4) is 0 Å². The summed E-state index contributed by atoms with van der Waals surface area (Å²) in [5, 5.41) is 19.8. The highest BCUT2D eigenvalue weighted by Gasteiger charge is 2.21. The molecule has 1 N–H and O–H groups in total. The van der Waals surface area contributed by atoms with Crippen molar-refractivity contribution in [1.82, 2.24) is 0 Å². The summed E-state index contributed by atoms with van der Waals surface area (Å²) >= 11 is 2.01. The van der Waals surface area contributed by atoms with E-state index in [1.165, 1.54) is 0 Å². The first-order valence-electron chi connectivity index (χ1n) is 6.41. The van der Waals surface area contributed by atoms with Crippen LogP contribution in [0.1, 0.15) is 19.3 Å². The molecule has 0 amide bonds. The first kappa shape index (κ1) is 14.5. The van der Waals surface area contributed by atoms with Crippen LogP contribution in [-0.4, -0.2) is 29.7 Å². The van der Waals surface area contributed by atoms with E-state index in [1.807, 2.05) is 34.7 Å². The maximum Gasteiger partial charge on any atom is 0.282 e. The van der Waals surface area contributed by atoms with E-state index >= 15 is 0 Å². The summed E-state index contributed by atoms with van der Waals surface area (Å²) in [5.74, 6) is 0.520. The summed E-state index contributed by atoms with van der Waals surface area (Å²) in [6.45, 7) is 2.14. The van der Waals surface area contributed by atoms with Crippen molar-refractivity contribution in [3.05, 3.63) is 31.9 Å². The summed E-state index contributed by atoms with van der Waals surface area (Å²) < 4.78 is 0.671. The van der Waals surface area contributed by atoms with Crippen LogP contribution in [-0.2, 0) is 0 Å². The zero-order valence-corrected chi connectivity index (χ0v) is 12.7. The van der Waals surface area contributed by atoms with Crippen LogP contribution in [0.2, 0.25) is 0 Å². The third-order valence-electron chi connectivity index (χ3n) is 3.55. The molecule has 1 fully saturated rings. The number of nitrogens with zero attached hydrogens (tertiary/aromatic N) is 2. The molecule has 1 aromatic carbocycles. The Labute approximate surface area is 125 Å². The molecule has 2 rings (SSSR count). The molecule has 1 aliphatic heterocycles. The number of nitro benzene ring substituents is 1. The lowest BCUT2D eigenvalue weighted by Gasteiger charge is -2.34. The van der Waals surface area contributed by atoms with Crippen LogP contribution in [0, 0.1) is 19.6 Å². The Kier molecular flexibility index (Phi) is 4.98. The van der Waals surface area contributed by atoms with Crippen molar-refractivity contribution in [3.63, 3.8) is 0 Å². The van der Waals surface area contributed by atoms with Gasteiger partial charge in [-0.2, -0.15) is 0 Å². The lowest BCUT2D eigenvalue weighted by Crippen LogP contribution is -2.35. The molecule has 19 heavy (non-hydrogen) atoms. The van der Waals surface area contributed by atoms with E-state index in [9.17, 15) is 10.1 Å². The van der Waals surface area contributed by atoms with Crippen molar-refractivity contribution >= 4 is 34.0 Å². The first-order chi connectivity index (χ1) is 9.11. The van der Waals surface area contributed by atoms with E-state index in [0.29, 0.717) is 9.49 Å². The Morgan fingerprint density at radius 1 is 1.53 bits per heavy atom. The van der Waals surface area contributed by atoms with Crippen LogP contribution >= 0.6 is 22.6 Å². The minimum atomic E-state index is -0.351. The number of aliphatic hydroxyl groups excluding tert-OH is 1. The fourth-order valence-electron chi connectivity index (χ4n) is 2.56. The van der Waals surface area contributed by atoms with Gasteiger partial charge >= 0.3 is 0 Å². The van der Waals surface area contributed by atoms with Crippen LogP contribution in [0.25, 0.3) is 0 Å². The van der Waals surface area contributed by atoms with Gasteiger partial charge in [0.05, 0.1) is 8.49 Å². The highest BCUT2D eigenvalue weighted by molar-refractivity contribution is 14.1. The molecule has 1 saturated heterocycles. The molecular weight excluding hydrogens is 359 g/mol. The van der Waals surface area contributed by atoms with Crippen LogP contribution in [0.15, 0.2) is 18.2 Å². The van der Waals surface area contributed by atoms with Gasteiger partial charge in [-0.1, -0.05) is 0 Å². The van der Waals surface area contributed by atoms with Gasteiger partial charge in [-0.25, -0.2) is 0 Å². The summed E-state index contributed by atoms with van der Waals surface area (Å²) in [4.78, 5) is 12.7. The third-order valence-corrected chi connectivity index (χ3v) is 4.41. The normalized spacial score (nSPS) is 19.5. The second-order valence-corrected chi connectivity index (χ2v) is 6.02. The topological polar surface area (TPSA) is 66.6 Å². The average Bonchev–Trinajstić information content (AvgIpc) is 2.39. The fourth-order valence-corrected chi connectivity index (χ4v) is 3.25. The Morgan fingerprint density at radius 2 is 2.32 bits per heavy atom. The molecule has 1 heterocycles. The highest BCUT2D eigenvalue weighted by atomic mass is 127. The Morgan fingerprint density at radius 3 is 2.95 bits per heavy atom. The molecule has 6 heteroatoms. The van der Waals surface area contributed by atoms with E-state index in [4.69, 9.17) is 5.11 Å². The molecule has 0 bridgehead atoms. The Balaban J connectivity index is 2.13. The number of nitro groups is 1. The predicted octanol–water partition coefficient (Wildman–Crippen LogP) is 2.80. The van der Waals surface area contributed by atoms with Gasteiger partial charge in [-0.05, 0) is 59.9 Å². The summed E-state index contributed by atoms with van der Waals surface area (Å²) in [5.41, 5.74) is 1.20. The predicted molar refractivity (Wildman–Crippen MR) is 82.5 cm³/mol. The fraction of sp³-hybridized carbons (Fsp3) is 0.538. The number of rotatable bonds is 4. The average molecular weight is 376 g/mol. The number of halogens is 1. The van der Waals surface area contributed by atoms with Gasteiger partial charge in [-0.3, -0.25) is 10.1 Å². The highest BCUT2D eigenvalue weighted by Crippen LogP contribution is 2.29. The Hall–Kier alpha value is -0.890. The standard InChI is InChI=1S/C13H17IN2O3/c14-12-8-11(3-4-13(12)16(18)19)15-6-1-2-10(9-15)5-7-17/h3-4,8,10,17H,1-2,5-7,9H2. The lowest BCUT2D eigenvalue weighted by molar-refractivity contribution is -0.385. The number of hydrogen-bond acceptors (Lipinski definition) is 4. The van der Waals surface area contributed by atoms with Gasteiger partial charge in [-0.15, -0.1) is 0 Å². The van der Waals surface area contributed by atoms with Crippen LogP contribution in [0.3, 0.4) is 0 Å². The minimum Gasteiger partial charge on any atom is -0.396 e. The van der Waals surface area contributed by atoms with E-state index in [2.05, 4.69) is 4.90 Å². The number of hydrogen-bond donors (Lipinski definition) is 1. The molecule has 0 radical (unpaired) electrons. The van der Waals surface area contributed by atoms with Gasteiger partial charge in [0.15, 0.2) is 0 Å². The minimum absolute atomic E-state index is 0.160. The van der Waals surface area contributed by atoms with Crippen molar-refractivity contribution in [2.75, 3.05) is 24.6 Å². The van der Waals surface area contributed by atoms with E-state index in [1.54, 1.807) is 6.07 Å². The summed E-state index contributed by atoms with van der Waals surface area (Å²) in [6.07, 6.45) is 3.10. The number of aliphatic hydroxyl groups is 1. The number of piperidine rings is 1. The van der Waals surface area contributed by atoms with E-state index in [0.717, 1.165) is 38.0 Å². The SMILES string of the molecule is O=[N+]([O-])c1ccc(N2CCCC(CCO)C2)cc1I. The van der Waals surface area contributed by atoms with Crippen LogP contribution in [0.4, 0.5) is 11.4 Å². The monoisotopic (exact) mass is 376 g/mol. The molecule has 1 atom stereocenters. The smallest absolute Gasteiger partial charge is 0.282 e. The Bertz CT molecular complexity index is 465. The van der Waals surface area contributed by atoms with Crippen LogP contribution < -0.4 is 4.90 Å². The number of anilines is 1. The van der Waals surface area contributed by atoms with Gasteiger partial charge < -0.3 is 10.0 Å². The molecule has 0 saturated carbocycles. The van der Waals surface area contributed by atoms with Gasteiger partial charge in [0.1, 0.15) is 0 Å². The molecule has 1 aliphatic rings. The molecule has 0 aromatic heterocycles. The quantitative estimate of drug-likeness (QED) is 0.499. The molecule has 1 aromatic rings. The van der Waals surface area contributed by atoms with Crippen molar-refractivity contribution in [2.24, 2.45) is 5.92 Å². The third kappa shape index (κ3) is 3.56. The molecule has 0 aliphatic carbocycles.